The van der Waals surface area contributed by atoms with E-state index < -0.39 is 0 Å². The minimum Gasteiger partial charge on any atom is -0.365 e. The van der Waals surface area contributed by atoms with Gasteiger partial charge < -0.3 is 4.90 Å². The zero-order valence-electron chi connectivity index (χ0n) is 18.4. The number of rotatable bonds is 2. The SMILES string of the molecule is CC1=CC(C)(C)N(C)c2cc(C)c(/C=C3/SC(=Nc4ccccc4)N(C)C3=O)cc21. The lowest BCUT2D eigenvalue weighted by atomic mass is 9.87. The maximum absolute atomic E-state index is 12.8. The molecule has 0 saturated carbocycles. The molecule has 0 unspecified atom stereocenters. The van der Waals surface area contributed by atoms with Gasteiger partial charge in [0.25, 0.3) is 5.91 Å². The van der Waals surface area contributed by atoms with Crippen LogP contribution in [0.25, 0.3) is 11.6 Å². The number of nitrogens with zero attached hydrogens (tertiary/aromatic N) is 3. The number of aryl methyl sites for hydroxylation is 1. The van der Waals surface area contributed by atoms with Crippen LogP contribution >= 0.6 is 11.8 Å². The summed E-state index contributed by atoms with van der Waals surface area (Å²) in [5.74, 6) is -0.0164. The lowest BCUT2D eigenvalue weighted by Gasteiger charge is -2.41. The summed E-state index contributed by atoms with van der Waals surface area (Å²) >= 11 is 1.43. The van der Waals surface area contributed by atoms with Gasteiger partial charge in [-0.3, -0.25) is 9.69 Å². The maximum Gasteiger partial charge on any atom is 0.266 e. The molecular weight excluding hydrogens is 390 g/mol. The summed E-state index contributed by atoms with van der Waals surface area (Å²) in [6, 6.07) is 14.2. The number of para-hydroxylation sites is 1. The van der Waals surface area contributed by atoms with Crippen LogP contribution in [0.5, 0.6) is 0 Å². The molecule has 0 atom stereocenters. The van der Waals surface area contributed by atoms with Gasteiger partial charge in [-0.15, -0.1) is 0 Å². The summed E-state index contributed by atoms with van der Waals surface area (Å²) in [5.41, 5.74) is 6.76. The van der Waals surface area contributed by atoms with Crippen LogP contribution < -0.4 is 4.90 Å². The molecule has 0 bridgehead atoms. The highest BCUT2D eigenvalue weighted by Gasteiger charge is 2.32. The van der Waals surface area contributed by atoms with Crippen molar-refractivity contribution in [1.82, 2.24) is 4.90 Å². The summed E-state index contributed by atoms with van der Waals surface area (Å²) in [5, 5.41) is 0.700. The molecule has 0 N–H and O–H groups in total. The first-order valence-electron chi connectivity index (χ1n) is 10.1. The molecule has 0 aliphatic carbocycles. The van der Waals surface area contributed by atoms with Crippen LogP contribution in [0, 0.1) is 6.92 Å². The number of amidine groups is 1. The van der Waals surface area contributed by atoms with Gasteiger partial charge in [-0.05, 0) is 86.5 Å². The number of carbonyl (C=O) groups excluding carboxylic acids is 1. The number of allylic oxidation sites excluding steroid dienone is 1. The van der Waals surface area contributed by atoms with E-state index in [9.17, 15) is 4.79 Å². The molecule has 2 aliphatic rings. The van der Waals surface area contributed by atoms with Crippen molar-refractivity contribution in [2.24, 2.45) is 4.99 Å². The third kappa shape index (κ3) is 3.58. The van der Waals surface area contributed by atoms with E-state index in [0.29, 0.717) is 10.1 Å². The summed E-state index contributed by atoms with van der Waals surface area (Å²) < 4.78 is 0. The topological polar surface area (TPSA) is 35.9 Å². The van der Waals surface area contributed by atoms with Crippen LogP contribution in [-0.2, 0) is 4.79 Å². The van der Waals surface area contributed by atoms with Gasteiger partial charge in [0.05, 0.1) is 16.1 Å². The molecular formula is C25H27N3OS. The number of hydrogen-bond donors (Lipinski definition) is 0. The van der Waals surface area contributed by atoms with Crippen LogP contribution in [0.1, 0.15) is 37.5 Å². The monoisotopic (exact) mass is 417 g/mol. The number of carbonyl (C=O) groups is 1. The van der Waals surface area contributed by atoms with Gasteiger partial charge in [-0.1, -0.05) is 24.3 Å². The molecule has 154 valence electrons. The van der Waals surface area contributed by atoms with E-state index in [-0.39, 0.29) is 11.4 Å². The van der Waals surface area contributed by atoms with Crippen molar-refractivity contribution in [2.45, 2.75) is 33.2 Å². The average molecular weight is 418 g/mol. The van der Waals surface area contributed by atoms with E-state index in [2.05, 4.69) is 62.8 Å². The van der Waals surface area contributed by atoms with Crippen molar-refractivity contribution in [1.29, 1.82) is 0 Å². The van der Waals surface area contributed by atoms with Crippen molar-refractivity contribution >= 4 is 45.9 Å². The molecule has 2 aromatic rings. The van der Waals surface area contributed by atoms with Crippen molar-refractivity contribution in [3.8, 4) is 0 Å². The van der Waals surface area contributed by atoms with Crippen molar-refractivity contribution < 1.29 is 4.79 Å². The molecule has 5 heteroatoms. The fourth-order valence-corrected chi connectivity index (χ4v) is 4.86. The van der Waals surface area contributed by atoms with Gasteiger partial charge in [-0.25, -0.2) is 4.99 Å². The lowest BCUT2D eigenvalue weighted by Crippen LogP contribution is -2.42. The fourth-order valence-electron chi connectivity index (χ4n) is 3.88. The summed E-state index contributed by atoms with van der Waals surface area (Å²) in [7, 11) is 3.92. The van der Waals surface area contributed by atoms with E-state index in [1.54, 1.807) is 11.9 Å². The quantitative estimate of drug-likeness (QED) is 0.574. The molecule has 2 aliphatic heterocycles. The number of hydrogen-bond acceptors (Lipinski definition) is 4. The number of aliphatic imine (C=N–C) groups is 1. The molecule has 0 radical (unpaired) electrons. The van der Waals surface area contributed by atoms with Gasteiger partial charge >= 0.3 is 0 Å². The Labute approximate surface area is 183 Å². The van der Waals surface area contributed by atoms with E-state index in [1.165, 1.54) is 28.6 Å². The molecule has 30 heavy (non-hydrogen) atoms. The number of thioether (sulfide) groups is 1. The second-order valence-corrected chi connectivity index (χ2v) is 9.48. The Balaban J connectivity index is 1.72. The second kappa shape index (κ2) is 7.47. The lowest BCUT2D eigenvalue weighted by molar-refractivity contribution is -0.121. The highest BCUT2D eigenvalue weighted by molar-refractivity contribution is 8.18. The Kier molecular flexibility index (Phi) is 5.10. The van der Waals surface area contributed by atoms with Crippen LogP contribution in [0.4, 0.5) is 11.4 Å². The standard InChI is InChI=1S/C25H27N3OS/c1-16-12-21-20(17(2)15-25(3,4)28(21)6)13-18(16)14-22-23(29)27(5)24(30-22)26-19-10-8-7-9-11-19/h7-15H,1-6H3/b22-14+,26-24?. The zero-order chi connectivity index (χ0) is 21.6. The summed E-state index contributed by atoms with van der Waals surface area (Å²) in [4.78, 5) is 22.1. The van der Waals surface area contributed by atoms with Crippen LogP contribution in [-0.4, -0.2) is 35.6 Å². The highest BCUT2D eigenvalue weighted by atomic mass is 32.2. The Bertz CT molecular complexity index is 1110. The molecule has 2 aromatic carbocycles. The Morgan fingerprint density at radius 2 is 1.77 bits per heavy atom. The Hall–Kier alpha value is -2.79. The van der Waals surface area contributed by atoms with Gasteiger partial charge in [0.1, 0.15) is 0 Å². The molecule has 1 fully saturated rings. The van der Waals surface area contributed by atoms with Crippen molar-refractivity contribution in [3.63, 3.8) is 0 Å². The number of fused-ring (bicyclic) bond motifs is 1. The number of anilines is 1. The first-order chi connectivity index (χ1) is 14.2. The third-order valence-corrected chi connectivity index (χ3v) is 6.94. The first-order valence-corrected chi connectivity index (χ1v) is 10.9. The third-order valence-electron chi connectivity index (χ3n) is 5.88. The summed E-state index contributed by atoms with van der Waals surface area (Å²) in [6.07, 6.45) is 4.30. The van der Waals surface area contributed by atoms with E-state index in [0.717, 1.165) is 16.8 Å². The van der Waals surface area contributed by atoms with Gasteiger partial charge in [-0.2, -0.15) is 0 Å². The molecule has 1 amide bonds. The largest absolute Gasteiger partial charge is 0.365 e. The molecule has 4 rings (SSSR count). The van der Waals surface area contributed by atoms with E-state index in [4.69, 9.17) is 0 Å². The highest BCUT2D eigenvalue weighted by Crippen LogP contribution is 2.40. The van der Waals surface area contributed by atoms with Gasteiger partial charge in [0, 0.05) is 25.3 Å². The van der Waals surface area contributed by atoms with Crippen molar-refractivity contribution in [2.75, 3.05) is 19.0 Å². The van der Waals surface area contributed by atoms with Crippen molar-refractivity contribution in [3.05, 3.63) is 70.1 Å². The van der Waals surface area contributed by atoms with Crippen LogP contribution in [0.15, 0.2) is 58.4 Å². The second-order valence-electron chi connectivity index (χ2n) is 8.47. The minimum absolute atomic E-state index is 0.0164. The minimum atomic E-state index is -0.0215. The molecule has 4 nitrogen and oxygen atoms in total. The van der Waals surface area contributed by atoms with E-state index in [1.807, 2.05) is 36.4 Å². The van der Waals surface area contributed by atoms with Gasteiger partial charge in [0.2, 0.25) is 0 Å². The number of likely N-dealkylation sites (N-methyl/N-ethyl adjacent to an activating group) is 2. The predicted molar refractivity (Wildman–Crippen MR) is 129 cm³/mol. The molecule has 0 aromatic heterocycles. The zero-order valence-corrected chi connectivity index (χ0v) is 19.2. The Morgan fingerprint density at radius 3 is 2.47 bits per heavy atom. The number of amides is 1. The number of benzene rings is 2. The van der Waals surface area contributed by atoms with Crippen LogP contribution in [0.3, 0.4) is 0 Å². The molecule has 1 saturated heterocycles. The Morgan fingerprint density at radius 1 is 1.07 bits per heavy atom. The van der Waals surface area contributed by atoms with Crippen LogP contribution in [0.2, 0.25) is 0 Å². The summed E-state index contributed by atoms with van der Waals surface area (Å²) in [6.45, 7) is 8.71. The molecule has 0 spiro atoms. The maximum atomic E-state index is 12.8. The van der Waals surface area contributed by atoms with Gasteiger partial charge in [0.15, 0.2) is 5.17 Å². The predicted octanol–water partition coefficient (Wildman–Crippen LogP) is 5.86. The normalized spacial score (nSPS) is 20.7. The molecule has 2 heterocycles. The fraction of sp³-hybridized carbons (Fsp3) is 0.280. The first kappa shape index (κ1) is 20.5. The smallest absolute Gasteiger partial charge is 0.266 e. The van der Waals surface area contributed by atoms with E-state index >= 15 is 0 Å². The average Bonchev–Trinajstić information content (AvgIpc) is 2.96.